The van der Waals surface area contributed by atoms with E-state index >= 15 is 0 Å². The van der Waals surface area contributed by atoms with E-state index in [9.17, 15) is 19.5 Å². The van der Waals surface area contributed by atoms with Crippen LogP contribution in [0.25, 0.3) is 0 Å². The Labute approximate surface area is 360 Å². The molecule has 328 valence electrons. The lowest BCUT2D eigenvalue weighted by atomic mass is 9.78. The Hall–Kier alpha value is -5.17. The van der Waals surface area contributed by atoms with Crippen molar-refractivity contribution in [1.82, 2.24) is 0 Å². The Morgan fingerprint density at radius 2 is 1.18 bits per heavy atom. The Morgan fingerprint density at radius 1 is 0.683 bits per heavy atom. The first-order chi connectivity index (χ1) is 29.1. The molecule has 4 aromatic rings. The number of unbranched alkanes of at least 4 members (excludes halogenated alkanes) is 2. The van der Waals surface area contributed by atoms with Gasteiger partial charge in [-0.2, -0.15) is 5.90 Å². The molecule has 4 aromatic carbocycles. The highest BCUT2D eigenvalue weighted by atomic mass is 16.6. The average Bonchev–Trinajstić information content (AvgIpc) is 3.82. The second-order valence-corrected chi connectivity index (χ2v) is 13.9. The average molecular weight is 826 g/mol. The second-order valence-electron chi connectivity index (χ2n) is 13.9. The van der Waals surface area contributed by atoms with Crippen LogP contribution in [0.2, 0.25) is 0 Å². The summed E-state index contributed by atoms with van der Waals surface area (Å²) < 4.78 is 11.1. The van der Waals surface area contributed by atoms with E-state index in [-0.39, 0.29) is 25.4 Å². The lowest BCUT2D eigenvalue weighted by Crippen LogP contribution is -2.40. The van der Waals surface area contributed by atoms with Crippen molar-refractivity contribution in [1.29, 1.82) is 0 Å². The number of nitrogens with one attached hydrogen (secondary N) is 2. The van der Waals surface area contributed by atoms with E-state index in [2.05, 4.69) is 58.5 Å². The predicted octanol–water partition coefficient (Wildman–Crippen LogP) is 8.78. The van der Waals surface area contributed by atoms with Crippen molar-refractivity contribution in [3.8, 4) is 5.75 Å². The van der Waals surface area contributed by atoms with Gasteiger partial charge in [0.15, 0.2) is 0 Å². The second kappa shape index (κ2) is 33.6. The number of hydrogen-bond donors (Lipinski definition) is 3. The lowest BCUT2D eigenvalue weighted by Gasteiger charge is -2.20. The molecule has 11 nitrogen and oxygen atoms in total. The normalized spacial score (nSPS) is 12.4. The number of carboxylic acids is 1. The van der Waals surface area contributed by atoms with Crippen LogP contribution in [0.4, 0.5) is 17.1 Å². The molecular weight excluding hydrogens is 755 g/mol. The number of carbonyl (C=O) groups excluding carboxylic acids is 3. The van der Waals surface area contributed by atoms with Crippen LogP contribution in [-0.2, 0) is 23.7 Å². The standard InChI is InChI=1S/C15H22BNO3.C14H20N2O.C7H9NO.C7H8.C3H6O2.C2H6/c1-2-3-4-6-15(18)17-14-9-7-13(8-10-14)16-19-11-5-12-20-16;1-2-5-14(17)15-12-6-8-13(9-7-12)16-10-3-4-11-16;1-6-2-4-7(9-8)5-3-6;1-7-5-3-2-4-6-7;1-2-3(4)5;1-2/h7-10H,2-6,11-12H2,1H3,(H,17,18);6-9H,2-5,10-11H2,1H3,(H,15,17);2-5H,8H2,1H3;2-6H,1H3;2H2,1H3,(H,4,5);1-2H3/p-1. The minimum absolute atomic E-state index is 0.0800. The molecule has 2 fully saturated rings. The van der Waals surface area contributed by atoms with Gasteiger partial charge in [0, 0.05) is 62.2 Å². The molecule has 2 saturated heterocycles. The highest BCUT2D eigenvalue weighted by molar-refractivity contribution is 6.61. The van der Waals surface area contributed by atoms with Crippen LogP contribution >= 0.6 is 0 Å². The number of aryl methyl sites for hydroxylation is 2. The summed E-state index contributed by atoms with van der Waals surface area (Å²) in [6.45, 7) is 17.6. The van der Waals surface area contributed by atoms with Crippen LogP contribution in [0.5, 0.6) is 5.75 Å². The van der Waals surface area contributed by atoms with Gasteiger partial charge in [0.05, 0.1) is 0 Å². The smallest absolute Gasteiger partial charge is 0.493 e. The maximum atomic E-state index is 11.7. The van der Waals surface area contributed by atoms with E-state index in [4.69, 9.17) is 15.2 Å². The lowest BCUT2D eigenvalue weighted by molar-refractivity contribution is -0.305. The number of carboxylic acid groups (broad SMARTS) is 1. The topological polar surface area (TPSA) is 155 Å². The third-order valence-corrected chi connectivity index (χ3v) is 8.79. The van der Waals surface area contributed by atoms with Gasteiger partial charge in [-0.05, 0) is 106 Å². The van der Waals surface area contributed by atoms with Gasteiger partial charge in [0.2, 0.25) is 11.8 Å². The number of rotatable bonds is 12. The van der Waals surface area contributed by atoms with Crippen molar-refractivity contribution in [2.75, 3.05) is 41.8 Å². The first-order valence-corrected chi connectivity index (χ1v) is 21.5. The molecular formula is C48H70BN4O7-. The zero-order valence-electron chi connectivity index (χ0n) is 37.2. The first kappa shape index (κ1) is 52.9. The third-order valence-electron chi connectivity index (χ3n) is 8.79. The van der Waals surface area contributed by atoms with E-state index < -0.39 is 5.97 Å². The molecule has 0 saturated carbocycles. The van der Waals surface area contributed by atoms with Gasteiger partial charge in [-0.3, -0.25) is 9.59 Å². The van der Waals surface area contributed by atoms with Gasteiger partial charge in [0.25, 0.3) is 0 Å². The van der Waals surface area contributed by atoms with E-state index in [1.807, 2.05) is 107 Å². The molecule has 0 aromatic heterocycles. The summed E-state index contributed by atoms with van der Waals surface area (Å²) in [6, 6.07) is 33.6. The Kier molecular flexibility index (Phi) is 29.6. The molecule has 6 rings (SSSR count). The summed E-state index contributed by atoms with van der Waals surface area (Å²) in [5.74, 6) is 4.78. The van der Waals surface area contributed by atoms with Gasteiger partial charge in [-0.1, -0.05) is 113 Å². The summed E-state index contributed by atoms with van der Waals surface area (Å²) >= 11 is 0. The number of nitrogens with zero attached hydrogens (tertiary/aromatic N) is 1. The van der Waals surface area contributed by atoms with Crippen LogP contribution in [0, 0.1) is 13.8 Å². The highest BCUT2D eigenvalue weighted by Gasteiger charge is 2.24. The van der Waals surface area contributed by atoms with Crippen molar-refractivity contribution >= 4 is 47.4 Å². The Bertz CT molecular complexity index is 1680. The minimum Gasteiger partial charge on any atom is -0.550 e. The van der Waals surface area contributed by atoms with Crippen LogP contribution in [-0.4, -0.2) is 51.2 Å². The van der Waals surface area contributed by atoms with Crippen LogP contribution in [0.1, 0.15) is 110 Å². The molecule has 0 spiro atoms. The highest BCUT2D eigenvalue weighted by Crippen LogP contribution is 2.22. The largest absolute Gasteiger partial charge is 0.550 e. The van der Waals surface area contributed by atoms with Gasteiger partial charge >= 0.3 is 7.12 Å². The monoisotopic (exact) mass is 826 g/mol. The Morgan fingerprint density at radius 3 is 1.63 bits per heavy atom. The Balaban J connectivity index is 0.000000403. The molecule has 60 heavy (non-hydrogen) atoms. The number of aliphatic carboxylic acids is 1. The maximum Gasteiger partial charge on any atom is 0.493 e. The molecule has 4 N–H and O–H groups in total. The SMILES string of the molecule is CC.CCC(=O)[O-].CCCC(=O)Nc1ccc(N2CCCC2)cc1.CCCCCC(=O)Nc1ccc(B2OCCCO2)cc1.Cc1ccc(ON)cc1.Cc1ccccc1. The molecule has 0 radical (unpaired) electrons. The first-order valence-electron chi connectivity index (χ1n) is 21.5. The van der Waals surface area contributed by atoms with E-state index in [0.717, 1.165) is 75.2 Å². The van der Waals surface area contributed by atoms with Gasteiger partial charge in [-0.15, -0.1) is 0 Å². The fourth-order valence-corrected chi connectivity index (χ4v) is 5.50. The third kappa shape index (κ3) is 24.7. The quantitative estimate of drug-likeness (QED) is 0.0722. The number of carbonyl (C=O) groups is 3. The summed E-state index contributed by atoms with van der Waals surface area (Å²) in [5.41, 5.74) is 6.50. The zero-order valence-corrected chi connectivity index (χ0v) is 37.2. The summed E-state index contributed by atoms with van der Waals surface area (Å²) in [4.78, 5) is 39.3. The van der Waals surface area contributed by atoms with Crippen LogP contribution in [0.15, 0.2) is 103 Å². The van der Waals surface area contributed by atoms with Crippen LogP contribution in [0.3, 0.4) is 0 Å². The van der Waals surface area contributed by atoms with Crippen molar-refractivity contribution < 1.29 is 33.6 Å². The maximum absolute atomic E-state index is 11.7. The summed E-state index contributed by atoms with van der Waals surface area (Å²) in [7, 11) is -0.266. The zero-order chi connectivity index (χ0) is 44.4. The number of hydrogen-bond acceptors (Lipinski definition) is 9. The molecule has 0 aliphatic carbocycles. The van der Waals surface area contributed by atoms with Gasteiger partial charge < -0.3 is 39.6 Å². The summed E-state index contributed by atoms with van der Waals surface area (Å²) in [5, 5.41) is 15.1. The van der Waals surface area contributed by atoms with E-state index in [1.165, 1.54) is 36.6 Å². The number of nitrogens with two attached hydrogens (primary N) is 1. The van der Waals surface area contributed by atoms with Crippen molar-refractivity contribution in [3.63, 3.8) is 0 Å². The van der Waals surface area contributed by atoms with Crippen molar-refractivity contribution in [3.05, 3.63) is 114 Å². The molecule has 2 aliphatic heterocycles. The fourth-order valence-electron chi connectivity index (χ4n) is 5.50. The molecule has 0 atom stereocenters. The van der Waals surface area contributed by atoms with E-state index in [0.29, 0.717) is 18.6 Å². The molecule has 0 bridgehead atoms. The molecule has 2 amide bonds. The molecule has 12 heteroatoms. The fraction of sp³-hybridized carbons (Fsp3) is 0.438. The van der Waals surface area contributed by atoms with Crippen molar-refractivity contribution in [2.24, 2.45) is 5.90 Å². The van der Waals surface area contributed by atoms with Gasteiger partial charge in [0.1, 0.15) is 5.75 Å². The molecule has 0 unspecified atom stereocenters. The molecule has 2 aliphatic rings. The van der Waals surface area contributed by atoms with Crippen molar-refractivity contribution in [2.45, 2.75) is 113 Å². The molecule has 2 heterocycles. The van der Waals surface area contributed by atoms with E-state index in [1.54, 1.807) is 0 Å². The summed E-state index contributed by atoms with van der Waals surface area (Å²) in [6.07, 6.45) is 8.87. The van der Waals surface area contributed by atoms with Crippen LogP contribution < -0.4 is 36.8 Å². The number of anilines is 3. The number of amides is 2. The van der Waals surface area contributed by atoms with Gasteiger partial charge in [-0.25, -0.2) is 0 Å². The minimum atomic E-state index is -0.995. The predicted molar refractivity (Wildman–Crippen MR) is 246 cm³/mol. The number of benzene rings is 4.